The van der Waals surface area contributed by atoms with E-state index in [1.54, 1.807) is 30.3 Å². The molecule has 1 heterocycles. The summed E-state index contributed by atoms with van der Waals surface area (Å²) in [6, 6.07) is 10.2. The molecule has 0 N–H and O–H groups in total. The first-order valence-corrected chi connectivity index (χ1v) is 11.1. The summed E-state index contributed by atoms with van der Waals surface area (Å²) in [4.78, 5) is 24.9. The molecule has 0 amide bonds. The standard InChI is InChI=1S/C28H32O5/c1-9-19-15-20(16-22-24(19)33-28(7,8)17-27(22,5)6)25(30)31-21-12-10-18(11-13-21)14-23(29)32-26(2,3)4/h1,10-13,15-16H,14,17H2,2-8H3. The van der Waals surface area contributed by atoms with Crippen LogP contribution in [0.1, 0.15) is 81.9 Å². The van der Waals surface area contributed by atoms with E-state index in [-0.39, 0.29) is 23.4 Å². The van der Waals surface area contributed by atoms with Crippen molar-refractivity contribution in [1.82, 2.24) is 0 Å². The van der Waals surface area contributed by atoms with Gasteiger partial charge < -0.3 is 14.2 Å². The van der Waals surface area contributed by atoms with Gasteiger partial charge in [-0.05, 0) is 76.3 Å². The maximum absolute atomic E-state index is 12.9. The SMILES string of the molecule is C#Cc1cc(C(=O)Oc2ccc(CC(=O)OC(C)(C)C)cc2)cc2c1OC(C)(C)CC2(C)C. The van der Waals surface area contributed by atoms with Gasteiger partial charge >= 0.3 is 11.9 Å². The zero-order valence-corrected chi connectivity index (χ0v) is 20.5. The second-order valence-electron chi connectivity index (χ2n) is 10.8. The smallest absolute Gasteiger partial charge is 0.343 e. The third-order valence-electron chi connectivity index (χ3n) is 5.36. The monoisotopic (exact) mass is 448 g/mol. The molecule has 33 heavy (non-hydrogen) atoms. The van der Waals surface area contributed by atoms with Crippen LogP contribution < -0.4 is 9.47 Å². The van der Waals surface area contributed by atoms with E-state index in [1.807, 2.05) is 40.7 Å². The minimum absolute atomic E-state index is 0.146. The molecule has 0 unspecified atom stereocenters. The van der Waals surface area contributed by atoms with E-state index in [9.17, 15) is 9.59 Å². The van der Waals surface area contributed by atoms with Gasteiger partial charge in [-0.3, -0.25) is 4.79 Å². The summed E-state index contributed by atoms with van der Waals surface area (Å²) < 4.78 is 17.1. The number of hydrogen-bond donors (Lipinski definition) is 0. The van der Waals surface area contributed by atoms with Gasteiger partial charge in [0, 0.05) is 5.56 Å². The average Bonchev–Trinajstić information content (AvgIpc) is 2.66. The molecule has 0 bridgehead atoms. The second kappa shape index (κ2) is 8.59. The van der Waals surface area contributed by atoms with Gasteiger partial charge in [-0.25, -0.2) is 4.79 Å². The molecule has 174 valence electrons. The molecule has 0 atom stereocenters. The Kier molecular flexibility index (Phi) is 6.35. The van der Waals surface area contributed by atoms with Crippen LogP contribution in [0.4, 0.5) is 0 Å². The number of ether oxygens (including phenoxy) is 3. The number of carbonyl (C=O) groups is 2. The summed E-state index contributed by atoms with van der Waals surface area (Å²) >= 11 is 0. The zero-order valence-electron chi connectivity index (χ0n) is 20.5. The predicted octanol–water partition coefficient (Wildman–Crippen LogP) is 5.61. The van der Waals surface area contributed by atoms with Gasteiger partial charge in [0.25, 0.3) is 0 Å². The van der Waals surface area contributed by atoms with Crippen LogP contribution in [0.15, 0.2) is 36.4 Å². The maximum Gasteiger partial charge on any atom is 0.343 e. The molecule has 5 heteroatoms. The minimum atomic E-state index is -0.534. The van der Waals surface area contributed by atoms with E-state index in [4.69, 9.17) is 20.6 Å². The molecule has 1 aliphatic rings. The van der Waals surface area contributed by atoms with Crippen molar-refractivity contribution in [2.75, 3.05) is 0 Å². The van der Waals surface area contributed by atoms with Gasteiger partial charge in [-0.1, -0.05) is 31.9 Å². The molecular weight excluding hydrogens is 416 g/mol. The summed E-state index contributed by atoms with van der Waals surface area (Å²) in [6.45, 7) is 13.8. The first kappa shape index (κ1) is 24.4. The highest BCUT2D eigenvalue weighted by Crippen LogP contribution is 2.46. The molecule has 0 radical (unpaired) electrons. The number of hydrogen-bond acceptors (Lipinski definition) is 5. The number of terminal acetylenes is 1. The Labute approximate surface area is 196 Å². The molecule has 0 aromatic heterocycles. The highest BCUT2D eigenvalue weighted by molar-refractivity contribution is 5.92. The second-order valence-corrected chi connectivity index (χ2v) is 10.8. The summed E-state index contributed by atoms with van der Waals surface area (Å²) in [5, 5.41) is 0. The summed E-state index contributed by atoms with van der Waals surface area (Å²) in [5.74, 6) is 2.87. The number of rotatable bonds is 4. The average molecular weight is 449 g/mol. The summed E-state index contributed by atoms with van der Waals surface area (Å²) in [6.07, 6.45) is 6.68. The van der Waals surface area contributed by atoms with Crippen molar-refractivity contribution in [3.8, 4) is 23.8 Å². The highest BCUT2D eigenvalue weighted by atomic mass is 16.6. The Morgan fingerprint density at radius 3 is 2.30 bits per heavy atom. The fourth-order valence-corrected chi connectivity index (χ4v) is 4.32. The molecule has 0 fully saturated rings. The van der Waals surface area contributed by atoms with Gasteiger partial charge in [0.2, 0.25) is 0 Å². The Morgan fingerprint density at radius 2 is 1.73 bits per heavy atom. The highest BCUT2D eigenvalue weighted by Gasteiger charge is 2.40. The van der Waals surface area contributed by atoms with Crippen LogP contribution in [0, 0.1) is 12.3 Å². The van der Waals surface area contributed by atoms with Gasteiger partial charge in [0.15, 0.2) is 0 Å². The fraction of sp³-hybridized carbons (Fsp3) is 0.429. The van der Waals surface area contributed by atoms with Crippen molar-refractivity contribution in [2.45, 2.75) is 77.9 Å². The third-order valence-corrected chi connectivity index (χ3v) is 5.36. The van der Waals surface area contributed by atoms with E-state index in [0.717, 1.165) is 17.5 Å². The number of benzene rings is 2. The molecular formula is C28H32O5. The van der Waals surface area contributed by atoms with Crippen molar-refractivity contribution >= 4 is 11.9 Å². The topological polar surface area (TPSA) is 61.8 Å². The molecule has 2 aromatic carbocycles. The van der Waals surface area contributed by atoms with Crippen LogP contribution in [-0.4, -0.2) is 23.1 Å². The van der Waals surface area contributed by atoms with Gasteiger partial charge in [-0.15, -0.1) is 6.42 Å². The lowest BCUT2D eigenvalue weighted by molar-refractivity contribution is -0.153. The van der Waals surface area contributed by atoms with Crippen LogP contribution in [-0.2, 0) is 21.4 Å². The number of carbonyl (C=O) groups excluding carboxylic acids is 2. The minimum Gasteiger partial charge on any atom is -0.486 e. The fourth-order valence-electron chi connectivity index (χ4n) is 4.32. The van der Waals surface area contributed by atoms with Gasteiger partial charge in [0.1, 0.15) is 22.7 Å². The molecule has 0 spiro atoms. The Hall–Kier alpha value is -3.26. The van der Waals surface area contributed by atoms with E-state index in [0.29, 0.717) is 22.6 Å². The van der Waals surface area contributed by atoms with Crippen molar-refractivity contribution in [1.29, 1.82) is 0 Å². The molecule has 0 aliphatic carbocycles. The van der Waals surface area contributed by atoms with Gasteiger partial charge in [-0.2, -0.15) is 0 Å². The predicted molar refractivity (Wildman–Crippen MR) is 128 cm³/mol. The Morgan fingerprint density at radius 1 is 1.09 bits per heavy atom. The first-order valence-electron chi connectivity index (χ1n) is 11.1. The van der Waals surface area contributed by atoms with E-state index in [2.05, 4.69) is 19.8 Å². The van der Waals surface area contributed by atoms with E-state index >= 15 is 0 Å². The molecule has 2 aromatic rings. The third kappa shape index (κ3) is 5.96. The van der Waals surface area contributed by atoms with E-state index in [1.165, 1.54) is 0 Å². The van der Waals surface area contributed by atoms with Crippen molar-refractivity contribution in [2.24, 2.45) is 0 Å². The lowest BCUT2D eigenvalue weighted by atomic mass is 9.72. The van der Waals surface area contributed by atoms with E-state index < -0.39 is 11.6 Å². The first-order chi connectivity index (χ1) is 15.2. The van der Waals surface area contributed by atoms with Crippen molar-refractivity contribution in [3.63, 3.8) is 0 Å². The van der Waals surface area contributed by atoms with Crippen LogP contribution in [0.3, 0.4) is 0 Å². The van der Waals surface area contributed by atoms with Crippen molar-refractivity contribution < 1.29 is 23.8 Å². The molecule has 3 rings (SSSR count). The van der Waals surface area contributed by atoms with Gasteiger partial charge in [0.05, 0.1) is 17.5 Å². The van der Waals surface area contributed by atoms with Crippen LogP contribution in [0.25, 0.3) is 0 Å². The molecule has 5 nitrogen and oxygen atoms in total. The normalized spacial score (nSPS) is 16.1. The summed E-state index contributed by atoms with van der Waals surface area (Å²) in [5.41, 5.74) is 1.47. The van der Waals surface area contributed by atoms with Crippen LogP contribution >= 0.6 is 0 Å². The zero-order chi connectivity index (χ0) is 24.6. The number of esters is 2. The molecule has 1 aliphatic heterocycles. The van der Waals surface area contributed by atoms with Crippen LogP contribution in [0.2, 0.25) is 0 Å². The quantitative estimate of drug-likeness (QED) is 0.346. The number of fused-ring (bicyclic) bond motifs is 1. The largest absolute Gasteiger partial charge is 0.486 e. The molecule has 0 saturated carbocycles. The maximum atomic E-state index is 12.9. The Balaban J connectivity index is 1.79. The van der Waals surface area contributed by atoms with Crippen molar-refractivity contribution in [3.05, 3.63) is 58.7 Å². The lowest BCUT2D eigenvalue weighted by Crippen LogP contribution is -2.41. The Bertz CT molecular complexity index is 1110. The summed E-state index contributed by atoms with van der Waals surface area (Å²) in [7, 11) is 0. The van der Waals surface area contributed by atoms with Crippen LogP contribution in [0.5, 0.6) is 11.5 Å². The molecule has 0 saturated heterocycles. The lowest BCUT2D eigenvalue weighted by Gasteiger charge is -2.43.